The Morgan fingerprint density at radius 2 is 1.86 bits per heavy atom. The third-order valence-electron chi connectivity index (χ3n) is 3.40. The van der Waals surface area contributed by atoms with E-state index in [2.05, 4.69) is 4.74 Å². The molecule has 1 aliphatic rings. The lowest BCUT2D eigenvalue weighted by Gasteiger charge is -2.32. The van der Waals surface area contributed by atoms with Crippen molar-refractivity contribution in [3.63, 3.8) is 0 Å². The number of Topliss-reactive ketones (excluding diaryl/α,β-unsaturated/α-hetero) is 1. The number of esters is 1. The molecule has 6 heteroatoms. The molecule has 0 fully saturated rings. The first-order chi connectivity index (χ1) is 10.6. The molecule has 0 N–H and O–H groups in total. The van der Waals surface area contributed by atoms with Gasteiger partial charge in [0.05, 0.1) is 25.9 Å². The zero-order valence-electron chi connectivity index (χ0n) is 12.4. The normalized spacial score (nSPS) is 15.9. The molecule has 0 aromatic heterocycles. The summed E-state index contributed by atoms with van der Waals surface area (Å²) in [4.78, 5) is 36.6. The molecular weight excluding hydrogens is 286 g/mol. The average Bonchev–Trinajstić information content (AvgIpc) is 2.53. The number of benzene rings is 1. The summed E-state index contributed by atoms with van der Waals surface area (Å²) in [5, 5.41) is 0. The molecule has 22 heavy (non-hydrogen) atoms. The van der Waals surface area contributed by atoms with Gasteiger partial charge in [-0.3, -0.25) is 14.5 Å². The van der Waals surface area contributed by atoms with E-state index in [1.54, 1.807) is 18.2 Å². The molecule has 2 rings (SSSR count). The van der Waals surface area contributed by atoms with E-state index in [0.29, 0.717) is 5.69 Å². The lowest BCUT2D eigenvalue weighted by Crippen LogP contribution is -2.42. The number of hydrogen-bond donors (Lipinski definition) is 0. The second-order valence-corrected chi connectivity index (χ2v) is 4.82. The monoisotopic (exact) mass is 303 g/mol. The largest absolute Gasteiger partial charge is 0.469 e. The molecular formula is C16H17NO5. The van der Waals surface area contributed by atoms with E-state index in [4.69, 9.17) is 4.74 Å². The lowest BCUT2D eigenvalue weighted by molar-refractivity contribution is -0.143. The topological polar surface area (TPSA) is 72.9 Å². The molecule has 0 saturated carbocycles. The van der Waals surface area contributed by atoms with Gasteiger partial charge in [0.2, 0.25) is 0 Å². The molecule has 1 heterocycles. The fourth-order valence-electron chi connectivity index (χ4n) is 2.36. The highest BCUT2D eigenvalue weighted by atomic mass is 16.5. The molecule has 1 aromatic carbocycles. The van der Waals surface area contributed by atoms with E-state index in [0.717, 1.165) is 5.56 Å². The molecule has 116 valence electrons. The summed E-state index contributed by atoms with van der Waals surface area (Å²) in [6.07, 6.45) is 2.78. The molecule has 1 atom stereocenters. The van der Waals surface area contributed by atoms with Crippen LogP contribution < -0.4 is 4.90 Å². The number of nitrogens with zero attached hydrogens (tertiary/aromatic N) is 1. The van der Waals surface area contributed by atoms with Crippen molar-refractivity contribution in [1.82, 2.24) is 0 Å². The number of carbonyl (C=O) groups excluding carboxylic acids is 3. The van der Waals surface area contributed by atoms with Gasteiger partial charge in [0, 0.05) is 6.42 Å². The van der Waals surface area contributed by atoms with E-state index < -0.39 is 18.1 Å². The maximum Gasteiger partial charge on any atom is 0.414 e. The standard InChI is InChI=1S/C16H17NO5/c1-21-15(19)10-13(18)9-12-8-7-11-5-3-4-6-14(11)17(12)16(20)22-2/h3-8,12H,9-10H2,1-2H3. The number of para-hydroxylation sites is 1. The first-order valence-corrected chi connectivity index (χ1v) is 6.79. The van der Waals surface area contributed by atoms with Crippen LogP contribution in [0.1, 0.15) is 18.4 Å². The van der Waals surface area contributed by atoms with E-state index in [1.165, 1.54) is 19.1 Å². The third kappa shape index (κ3) is 3.33. The highest BCUT2D eigenvalue weighted by Crippen LogP contribution is 2.30. The van der Waals surface area contributed by atoms with Crippen molar-refractivity contribution >= 4 is 29.6 Å². The van der Waals surface area contributed by atoms with Gasteiger partial charge in [-0.25, -0.2) is 4.79 Å². The van der Waals surface area contributed by atoms with Crippen LogP contribution in [-0.2, 0) is 19.1 Å². The maximum atomic E-state index is 12.1. The Morgan fingerprint density at radius 3 is 2.55 bits per heavy atom. The first-order valence-electron chi connectivity index (χ1n) is 6.79. The van der Waals surface area contributed by atoms with Gasteiger partial charge in [0.1, 0.15) is 12.2 Å². The Kier molecular flexibility index (Phi) is 4.93. The Labute approximate surface area is 128 Å². The molecule has 1 unspecified atom stereocenters. The third-order valence-corrected chi connectivity index (χ3v) is 3.40. The Bertz CT molecular complexity index is 623. The molecule has 0 radical (unpaired) electrons. The minimum absolute atomic E-state index is 0.0229. The summed E-state index contributed by atoms with van der Waals surface area (Å²) < 4.78 is 9.29. The van der Waals surface area contributed by atoms with Crippen molar-refractivity contribution in [2.24, 2.45) is 0 Å². The summed E-state index contributed by atoms with van der Waals surface area (Å²) in [5.41, 5.74) is 1.54. The van der Waals surface area contributed by atoms with Gasteiger partial charge >= 0.3 is 12.1 Å². The van der Waals surface area contributed by atoms with Gasteiger partial charge < -0.3 is 9.47 Å². The van der Waals surface area contributed by atoms with Crippen LogP contribution in [0.5, 0.6) is 0 Å². The van der Waals surface area contributed by atoms with Crippen molar-refractivity contribution < 1.29 is 23.9 Å². The van der Waals surface area contributed by atoms with Crippen molar-refractivity contribution in [3.8, 4) is 0 Å². The summed E-state index contributed by atoms with van der Waals surface area (Å²) >= 11 is 0. The van der Waals surface area contributed by atoms with Gasteiger partial charge in [-0.05, 0) is 11.6 Å². The van der Waals surface area contributed by atoms with E-state index in [-0.39, 0.29) is 18.6 Å². The molecule has 0 aliphatic carbocycles. The van der Waals surface area contributed by atoms with Crippen LogP contribution in [0.25, 0.3) is 6.08 Å². The number of hydrogen-bond acceptors (Lipinski definition) is 5. The molecule has 0 spiro atoms. The zero-order chi connectivity index (χ0) is 16.1. The molecule has 1 aliphatic heterocycles. The van der Waals surface area contributed by atoms with Crippen LogP contribution in [0.4, 0.5) is 10.5 Å². The van der Waals surface area contributed by atoms with Crippen LogP contribution in [-0.4, -0.2) is 38.1 Å². The van der Waals surface area contributed by atoms with Gasteiger partial charge in [-0.1, -0.05) is 30.4 Å². The van der Waals surface area contributed by atoms with Crippen molar-refractivity contribution in [1.29, 1.82) is 0 Å². The minimum Gasteiger partial charge on any atom is -0.469 e. The van der Waals surface area contributed by atoms with E-state index in [9.17, 15) is 14.4 Å². The Hall–Kier alpha value is -2.63. The van der Waals surface area contributed by atoms with Crippen LogP contribution in [0.2, 0.25) is 0 Å². The number of amides is 1. The van der Waals surface area contributed by atoms with Gasteiger partial charge in [-0.2, -0.15) is 0 Å². The summed E-state index contributed by atoms with van der Waals surface area (Å²) in [5.74, 6) is -0.885. The van der Waals surface area contributed by atoms with Gasteiger partial charge in [0.25, 0.3) is 0 Å². The maximum absolute atomic E-state index is 12.1. The molecule has 6 nitrogen and oxygen atoms in total. The Balaban J connectivity index is 2.22. The second-order valence-electron chi connectivity index (χ2n) is 4.82. The summed E-state index contributed by atoms with van der Waals surface area (Å²) in [6.45, 7) is 0. The fourth-order valence-corrected chi connectivity index (χ4v) is 2.36. The average molecular weight is 303 g/mol. The van der Waals surface area contributed by atoms with E-state index in [1.807, 2.05) is 18.2 Å². The highest BCUT2D eigenvalue weighted by molar-refractivity contribution is 5.98. The number of anilines is 1. The predicted octanol–water partition coefficient (Wildman–Crippen LogP) is 2.18. The van der Waals surface area contributed by atoms with Crippen molar-refractivity contribution in [2.75, 3.05) is 19.1 Å². The van der Waals surface area contributed by atoms with Crippen LogP contribution in [0.15, 0.2) is 30.3 Å². The lowest BCUT2D eigenvalue weighted by atomic mass is 9.99. The zero-order valence-corrected chi connectivity index (χ0v) is 12.4. The molecule has 1 aromatic rings. The first kappa shape index (κ1) is 15.8. The van der Waals surface area contributed by atoms with Crippen LogP contribution in [0.3, 0.4) is 0 Å². The van der Waals surface area contributed by atoms with E-state index >= 15 is 0 Å². The number of ether oxygens (including phenoxy) is 2. The number of carbonyl (C=O) groups is 3. The number of rotatable bonds is 4. The van der Waals surface area contributed by atoms with Gasteiger partial charge in [0.15, 0.2) is 0 Å². The number of fused-ring (bicyclic) bond motifs is 1. The number of ketones is 1. The summed E-state index contributed by atoms with van der Waals surface area (Å²) in [6, 6.07) is 6.84. The summed E-state index contributed by atoms with van der Waals surface area (Å²) in [7, 11) is 2.52. The molecule has 0 bridgehead atoms. The Morgan fingerprint density at radius 1 is 1.14 bits per heavy atom. The minimum atomic E-state index is -0.588. The SMILES string of the molecule is COC(=O)CC(=O)CC1C=Cc2ccccc2N1C(=O)OC. The molecule has 1 amide bonds. The molecule has 0 saturated heterocycles. The predicted molar refractivity (Wildman–Crippen MR) is 80.4 cm³/mol. The van der Waals surface area contributed by atoms with Gasteiger partial charge in [-0.15, -0.1) is 0 Å². The highest BCUT2D eigenvalue weighted by Gasteiger charge is 2.30. The van der Waals surface area contributed by atoms with Crippen LogP contribution >= 0.6 is 0 Å². The second kappa shape index (κ2) is 6.89. The quantitative estimate of drug-likeness (QED) is 0.629. The van der Waals surface area contributed by atoms with Crippen LogP contribution in [0, 0.1) is 0 Å². The van der Waals surface area contributed by atoms with Crippen molar-refractivity contribution in [3.05, 3.63) is 35.9 Å². The van der Waals surface area contributed by atoms with Crippen molar-refractivity contribution in [2.45, 2.75) is 18.9 Å². The smallest absolute Gasteiger partial charge is 0.414 e. The number of methoxy groups -OCH3 is 2. The fraction of sp³-hybridized carbons (Fsp3) is 0.312.